The smallest absolute Gasteiger partial charge is 0.207 e. The molecular weight excluding hydrogens is 474 g/mol. The monoisotopic (exact) mass is 487 g/mol. The number of rotatable bonds is 3. The van der Waals surface area contributed by atoms with Crippen LogP contribution in [0.5, 0.6) is 0 Å². The summed E-state index contributed by atoms with van der Waals surface area (Å²) in [6, 6.07) is 5.23. The Kier molecular flexibility index (Phi) is 5.73. The van der Waals surface area contributed by atoms with Crippen LogP contribution in [-0.2, 0) is 10.0 Å². The maximum atomic E-state index is 12.7. The first-order valence-corrected chi connectivity index (χ1v) is 10.4. The van der Waals surface area contributed by atoms with Gasteiger partial charge in [0.2, 0.25) is 10.0 Å². The van der Waals surface area contributed by atoms with E-state index in [1.807, 2.05) is 6.07 Å². The summed E-state index contributed by atoms with van der Waals surface area (Å²) < 4.78 is 28.4. The summed E-state index contributed by atoms with van der Waals surface area (Å²) in [5, 5.41) is 0. The Morgan fingerprint density at radius 1 is 1.25 bits per heavy atom. The Hall–Kier alpha value is 0.570. The highest BCUT2D eigenvalue weighted by Crippen LogP contribution is 2.32. The van der Waals surface area contributed by atoms with E-state index in [2.05, 4.69) is 54.7 Å². The van der Waals surface area contributed by atoms with Crippen LogP contribution in [-0.4, -0.2) is 30.6 Å². The van der Waals surface area contributed by atoms with Crippen LogP contribution in [0, 0.1) is 5.92 Å². The summed E-state index contributed by atoms with van der Waals surface area (Å²) in [4.78, 5) is 0.766. The zero-order valence-corrected chi connectivity index (χ0v) is 16.6. The van der Waals surface area contributed by atoms with Crippen molar-refractivity contribution >= 4 is 57.8 Å². The fraction of sp³-hybridized carbons (Fsp3) is 0.538. The van der Waals surface area contributed by atoms with E-state index >= 15 is 0 Å². The van der Waals surface area contributed by atoms with Gasteiger partial charge in [0.15, 0.2) is 0 Å². The first kappa shape index (κ1) is 16.9. The molecule has 2 rings (SSSR count). The highest BCUT2D eigenvalue weighted by atomic mass is 79.9. The molecule has 1 aromatic rings. The molecule has 1 aliphatic heterocycles. The van der Waals surface area contributed by atoms with Crippen LogP contribution >= 0.6 is 47.8 Å². The van der Waals surface area contributed by atoms with Gasteiger partial charge in [0, 0.05) is 26.9 Å². The molecule has 0 spiro atoms. The van der Waals surface area contributed by atoms with Gasteiger partial charge in [-0.1, -0.05) is 38.8 Å². The van der Waals surface area contributed by atoms with Crippen LogP contribution in [0.2, 0.25) is 0 Å². The predicted molar refractivity (Wildman–Crippen MR) is 91.7 cm³/mol. The van der Waals surface area contributed by atoms with E-state index in [0.717, 1.165) is 17.3 Å². The van der Waals surface area contributed by atoms with E-state index in [1.54, 1.807) is 16.4 Å². The molecule has 3 nitrogen and oxygen atoms in total. The lowest BCUT2D eigenvalue weighted by Crippen LogP contribution is -2.40. The number of nitrogens with zero attached hydrogens (tertiary/aromatic N) is 1. The van der Waals surface area contributed by atoms with Crippen LogP contribution in [0.1, 0.15) is 19.8 Å². The lowest BCUT2D eigenvalue weighted by atomic mass is 9.96. The first-order valence-electron chi connectivity index (χ1n) is 6.41. The van der Waals surface area contributed by atoms with E-state index in [4.69, 9.17) is 0 Å². The Labute approximate surface area is 145 Å². The molecule has 0 aromatic heterocycles. The third-order valence-corrected chi connectivity index (χ3v) is 7.79. The fourth-order valence-corrected chi connectivity index (χ4v) is 5.85. The van der Waals surface area contributed by atoms with Crippen molar-refractivity contribution in [2.24, 2.45) is 5.92 Å². The molecule has 112 valence electrons. The lowest BCUT2D eigenvalue weighted by Gasteiger charge is -2.32. The van der Waals surface area contributed by atoms with Gasteiger partial charge in [-0.3, -0.25) is 0 Å². The van der Waals surface area contributed by atoms with Gasteiger partial charge < -0.3 is 0 Å². The standard InChI is InChI=1S/C13H16Br3NO2S/c1-9(14)10-4-6-17(7-5-10)20(18,19)13-8-11(15)2-3-12(13)16/h2-3,8-10H,4-7H2,1H3. The van der Waals surface area contributed by atoms with E-state index in [1.165, 1.54) is 0 Å². The van der Waals surface area contributed by atoms with Crippen LogP contribution in [0.15, 0.2) is 32.0 Å². The molecule has 7 heteroatoms. The molecule has 0 radical (unpaired) electrons. The summed E-state index contributed by atoms with van der Waals surface area (Å²) in [5.41, 5.74) is 0. The summed E-state index contributed by atoms with van der Waals surface area (Å²) in [5.74, 6) is 0.549. The molecule has 0 saturated carbocycles. The normalized spacial score (nSPS) is 20.0. The Morgan fingerprint density at radius 3 is 2.40 bits per heavy atom. The third kappa shape index (κ3) is 3.66. The summed E-state index contributed by atoms with van der Waals surface area (Å²) >= 11 is 10.3. The number of halogens is 3. The van der Waals surface area contributed by atoms with Crippen molar-refractivity contribution < 1.29 is 8.42 Å². The molecule has 0 bridgehead atoms. The summed E-state index contributed by atoms with van der Waals surface area (Å²) in [7, 11) is -3.42. The number of hydrogen-bond acceptors (Lipinski definition) is 2. The highest BCUT2D eigenvalue weighted by molar-refractivity contribution is 9.11. The van der Waals surface area contributed by atoms with Gasteiger partial charge in [0.05, 0.1) is 4.90 Å². The quantitative estimate of drug-likeness (QED) is 0.590. The molecule has 0 aliphatic carbocycles. The molecule has 1 aromatic carbocycles. The largest absolute Gasteiger partial charge is 0.244 e. The van der Waals surface area contributed by atoms with E-state index in [0.29, 0.717) is 33.2 Å². The van der Waals surface area contributed by atoms with E-state index in [-0.39, 0.29) is 0 Å². The molecule has 1 unspecified atom stereocenters. The van der Waals surface area contributed by atoms with Crippen molar-refractivity contribution in [3.63, 3.8) is 0 Å². The number of sulfonamides is 1. The Morgan fingerprint density at radius 2 is 1.85 bits per heavy atom. The van der Waals surface area contributed by atoms with Gasteiger partial charge >= 0.3 is 0 Å². The first-order chi connectivity index (χ1) is 9.32. The van der Waals surface area contributed by atoms with Crippen LogP contribution in [0.25, 0.3) is 0 Å². The zero-order chi connectivity index (χ0) is 14.9. The number of benzene rings is 1. The van der Waals surface area contributed by atoms with Gasteiger partial charge in [-0.25, -0.2) is 8.42 Å². The van der Waals surface area contributed by atoms with Crippen LogP contribution in [0.4, 0.5) is 0 Å². The van der Waals surface area contributed by atoms with Crippen molar-refractivity contribution in [2.75, 3.05) is 13.1 Å². The molecule has 20 heavy (non-hydrogen) atoms. The molecule has 0 amide bonds. The minimum Gasteiger partial charge on any atom is -0.207 e. The number of piperidine rings is 1. The average molecular weight is 490 g/mol. The SMILES string of the molecule is CC(Br)C1CCN(S(=O)(=O)c2cc(Br)ccc2Br)CC1. The predicted octanol–water partition coefficient (Wildman–Crippen LogP) is 4.40. The zero-order valence-electron chi connectivity index (χ0n) is 11.0. The minimum absolute atomic E-state index is 0.331. The topological polar surface area (TPSA) is 37.4 Å². The second-order valence-corrected chi connectivity index (χ2v) is 10.1. The third-order valence-electron chi connectivity index (χ3n) is 3.66. The molecule has 1 fully saturated rings. The number of alkyl halides is 1. The Bertz CT molecular complexity index is 581. The van der Waals surface area contributed by atoms with E-state index in [9.17, 15) is 8.42 Å². The second kappa shape index (κ2) is 6.77. The van der Waals surface area contributed by atoms with Gasteiger partial charge in [0.25, 0.3) is 0 Å². The average Bonchev–Trinajstić information content (AvgIpc) is 2.41. The summed E-state index contributed by atoms with van der Waals surface area (Å²) in [6.45, 7) is 3.30. The van der Waals surface area contributed by atoms with Gasteiger partial charge in [-0.05, 0) is 52.9 Å². The lowest BCUT2D eigenvalue weighted by molar-refractivity contribution is 0.274. The molecule has 0 N–H and O–H groups in total. The van der Waals surface area contributed by atoms with Crippen molar-refractivity contribution in [1.82, 2.24) is 4.31 Å². The number of hydrogen-bond donors (Lipinski definition) is 0. The summed E-state index contributed by atoms with van der Waals surface area (Å²) in [6.07, 6.45) is 1.80. The van der Waals surface area contributed by atoms with Crippen LogP contribution < -0.4 is 0 Å². The second-order valence-electron chi connectivity index (χ2n) is 4.99. The maximum Gasteiger partial charge on any atom is 0.244 e. The maximum absolute atomic E-state index is 12.7. The molecule has 1 heterocycles. The minimum atomic E-state index is -3.42. The Balaban J connectivity index is 2.22. The van der Waals surface area contributed by atoms with Crippen LogP contribution in [0.3, 0.4) is 0 Å². The molecular formula is C13H16Br3NO2S. The molecule has 1 aliphatic rings. The molecule has 1 saturated heterocycles. The highest BCUT2D eigenvalue weighted by Gasteiger charge is 2.31. The van der Waals surface area contributed by atoms with Crippen molar-refractivity contribution in [1.29, 1.82) is 0 Å². The van der Waals surface area contributed by atoms with Gasteiger partial charge in [-0.2, -0.15) is 4.31 Å². The van der Waals surface area contributed by atoms with Crippen molar-refractivity contribution in [3.8, 4) is 0 Å². The van der Waals surface area contributed by atoms with Crippen molar-refractivity contribution in [3.05, 3.63) is 27.1 Å². The van der Waals surface area contributed by atoms with E-state index < -0.39 is 10.0 Å². The molecule has 1 atom stereocenters. The van der Waals surface area contributed by atoms with Gasteiger partial charge in [0.1, 0.15) is 0 Å². The van der Waals surface area contributed by atoms with Crippen molar-refractivity contribution in [2.45, 2.75) is 29.5 Å². The van der Waals surface area contributed by atoms with Gasteiger partial charge in [-0.15, -0.1) is 0 Å². The fourth-order valence-electron chi connectivity index (χ4n) is 2.39.